The molecule has 0 aliphatic rings. The van der Waals surface area contributed by atoms with E-state index < -0.39 is 11.8 Å². The van der Waals surface area contributed by atoms with E-state index in [1.165, 1.54) is 38.1 Å². The Morgan fingerprint density at radius 1 is 1.33 bits per heavy atom. The number of hydrogen-bond acceptors (Lipinski definition) is 2. The fraction of sp³-hybridized carbons (Fsp3) is 0.385. The summed E-state index contributed by atoms with van der Waals surface area (Å²) < 4.78 is 26.9. The molecule has 98 valence electrons. The first-order valence-corrected chi connectivity index (χ1v) is 5.63. The maximum Gasteiger partial charge on any atom is 0.273 e. The molecule has 3 nitrogen and oxygen atoms in total. The van der Waals surface area contributed by atoms with Crippen molar-refractivity contribution in [2.75, 3.05) is 5.32 Å². The number of ketones is 1. The van der Waals surface area contributed by atoms with Crippen LogP contribution in [0.2, 0.25) is 0 Å². The molecule has 0 aromatic heterocycles. The molecule has 0 atom stereocenters. The molecule has 18 heavy (non-hydrogen) atoms. The number of Topliss-reactive ketones (excluding diaryl/α,β-unsaturated/α-hetero) is 1. The molecule has 0 fully saturated rings. The van der Waals surface area contributed by atoms with Gasteiger partial charge in [-0.15, -0.1) is 0 Å². The van der Waals surface area contributed by atoms with E-state index in [0.717, 1.165) is 0 Å². The summed E-state index contributed by atoms with van der Waals surface area (Å²) in [5.41, 5.74) is 0.123. The molecule has 0 spiro atoms. The lowest BCUT2D eigenvalue weighted by atomic mass is 10.1. The van der Waals surface area contributed by atoms with Crippen molar-refractivity contribution in [3.05, 3.63) is 29.8 Å². The fourth-order valence-corrected chi connectivity index (χ4v) is 1.46. The minimum absolute atomic E-state index is 0.148. The Kier molecular flexibility index (Phi) is 4.53. The van der Waals surface area contributed by atoms with Gasteiger partial charge < -0.3 is 5.32 Å². The molecule has 0 heterocycles. The summed E-state index contributed by atoms with van der Waals surface area (Å²) in [4.78, 5) is 22.1. The number of rotatable bonds is 5. The molecule has 0 bridgehead atoms. The van der Waals surface area contributed by atoms with Crippen molar-refractivity contribution in [3.8, 4) is 0 Å². The predicted octanol–water partition coefficient (Wildman–Crippen LogP) is 3.11. The van der Waals surface area contributed by atoms with Crippen molar-refractivity contribution in [2.45, 2.75) is 32.6 Å². The molecule has 0 saturated carbocycles. The zero-order valence-corrected chi connectivity index (χ0v) is 10.3. The lowest BCUT2D eigenvalue weighted by Crippen LogP contribution is -2.16. The van der Waals surface area contributed by atoms with Gasteiger partial charge in [0.05, 0.1) is 6.42 Å². The van der Waals surface area contributed by atoms with Crippen molar-refractivity contribution in [1.82, 2.24) is 0 Å². The maximum absolute atomic E-state index is 13.4. The summed E-state index contributed by atoms with van der Waals surface area (Å²) in [5, 5.41) is 2.42. The van der Waals surface area contributed by atoms with Gasteiger partial charge in [-0.05, 0) is 19.1 Å². The zero-order valence-electron chi connectivity index (χ0n) is 10.3. The van der Waals surface area contributed by atoms with E-state index in [-0.39, 0.29) is 29.9 Å². The van der Waals surface area contributed by atoms with E-state index in [2.05, 4.69) is 5.32 Å². The van der Waals surface area contributed by atoms with E-state index in [1.807, 2.05) is 0 Å². The third-order valence-electron chi connectivity index (χ3n) is 2.42. The highest BCUT2D eigenvalue weighted by molar-refractivity contribution is 6.03. The van der Waals surface area contributed by atoms with Crippen LogP contribution in [0.3, 0.4) is 0 Å². The van der Waals surface area contributed by atoms with Gasteiger partial charge in [0, 0.05) is 17.7 Å². The molecule has 1 aromatic carbocycles. The Balaban J connectivity index is 2.83. The van der Waals surface area contributed by atoms with Crippen LogP contribution < -0.4 is 5.32 Å². The first kappa shape index (κ1) is 14.3. The molecule has 0 saturated heterocycles. The Hall–Kier alpha value is -1.78. The largest absolute Gasteiger partial charge is 0.326 e. The molecule has 0 aliphatic carbocycles. The van der Waals surface area contributed by atoms with E-state index in [9.17, 15) is 18.4 Å². The summed E-state index contributed by atoms with van der Waals surface area (Å²) in [6, 6.07) is 5.49. The number of amides is 1. The lowest BCUT2D eigenvalue weighted by Gasteiger charge is -2.15. The van der Waals surface area contributed by atoms with Gasteiger partial charge in [0.25, 0.3) is 5.92 Å². The molecule has 1 aromatic rings. The van der Waals surface area contributed by atoms with Crippen LogP contribution in [0.4, 0.5) is 14.5 Å². The van der Waals surface area contributed by atoms with Crippen LogP contribution in [0.1, 0.15) is 32.3 Å². The van der Waals surface area contributed by atoms with Crippen LogP contribution >= 0.6 is 0 Å². The van der Waals surface area contributed by atoms with Crippen molar-refractivity contribution >= 4 is 17.4 Å². The zero-order chi connectivity index (χ0) is 13.8. The number of carbonyl (C=O) groups is 2. The summed E-state index contributed by atoms with van der Waals surface area (Å²) in [7, 11) is 0. The lowest BCUT2D eigenvalue weighted by molar-refractivity contribution is -0.124. The second kappa shape index (κ2) is 5.71. The maximum atomic E-state index is 13.4. The average molecular weight is 255 g/mol. The van der Waals surface area contributed by atoms with Crippen LogP contribution in [-0.2, 0) is 15.5 Å². The third kappa shape index (κ3) is 3.91. The van der Waals surface area contributed by atoms with E-state index in [4.69, 9.17) is 0 Å². The van der Waals surface area contributed by atoms with Crippen LogP contribution in [0, 0.1) is 0 Å². The number of hydrogen-bond donors (Lipinski definition) is 1. The fourth-order valence-electron chi connectivity index (χ4n) is 1.46. The van der Waals surface area contributed by atoms with Crippen molar-refractivity contribution in [2.24, 2.45) is 0 Å². The van der Waals surface area contributed by atoms with Crippen LogP contribution in [0.25, 0.3) is 0 Å². The van der Waals surface area contributed by atoms with Crippen LogP contribution in [-0.4, -0.2) is 11.7 Å². The monoisotopic (exact) mass is 255 g/mol. The predicted molar refractivity (Wildman–Crippen MR) is 64.6 cm³/mol. The van der Waals surface area contributed by atoms with E-state index in [0.29, 0.717) is 0 Å². The molecule has 1 N–H and O–H groups in total. The van der Waals surface area contributed by atoms with Crippen molar-refractivity contribution < 1.29 is 18.4 Å². The Bertz CT molecular complexity index is 458. The summed E-state index contributed by atoms with van der Waals surface area (Å²) in [6.07, 6.45) is -0.563. The number of nitrogens with one attached hydrogen (secondary N) is 1. The molecule has 5 heteroatoms. The molecule has 1 amide bonds. The molecule has 0 aliphatic heterocycles. The quantitative estimate of drug-likeness (QED) is 0.822. The minimum atomic E-state index is -2.92. The first-order chi connectivity index (χ1) is 8.35. The minimum Gasteiger partial charge on any atom is -0.326 e. The normalized spacial score (nSPS) is 11.1. The third-order valence-corrected chi connectivity index (χ3v) is 2.42. The van der Waals surface area contributed by atoms with Crippen molar-refractivity contribution in [3.63, 3.8) is 0 Å². The second-order valence-electron chi connectivity index (χ2n) is 4.07. The Labute approximate surface area is 104 Å². The second-order valence-corrected chi connectivity index (χ2v) is 4.07. The number of anilines is 1. The highest BCUT2D eigenvalue weighted by Gasteiger charge is 2.28. The molecular weight excluding hydrogens is 240 g/mol. The van der Waals surface area contributed by atoms with Gasteiger partial charge in [0.1, 0.15) is 5.78 Å². The summed E-state index contributed by atoms with van der Waals surface area (Å²) in [6.45, 7) is 2.68. The van der Waals surface area contributed by atoms with E-state index >= 15 is 0 Å². The van der Waals surface area contributed by atoms with Gasteiger partial charge in [0.2, 0.25) is 5.91 Å². The number of alkyl halides is 2. The molecule has 0 unspecified atom stereocenters. The molecule has 1 rings (SSSR count). The Morgan fingerprint density at radius 2 is 2.00 bits per heavy atom. The van der Waals surface area contributed by atoms with Gasteiger partial charge >= 0.3 is 0 Å². The highest BCUT2D eigenvalue weighted by atomic mass is 19.3. The van der Waals surface area contributed by atoms with Gasteiger partial charge in [0.15, 0.2) is 0 Å². The summed E-state index contributed by atoms with van der Waals surface area (Å²) in [5.74, 6) is -3.69. The number of halogens is 2. The van der Waals surface area contributed by atoms with Gasteiger partial charge in [-0.25, -0.2) is 8.78 Å². The molecular formula is C13H15F2NO2. The average Bonchev–Trinajstić information content (AvgIpc) is 2.28. The highest BCUT2D eigenvalue weighted by Crippen LogP contribution is 2.32. The standard InChI is InChI=1S/C13H15F2NO2/c1-3-13(14,15)10-5-4-6-11(8-10)16-12(18)7-9(2)17/h4-6,8H,3,7H2,1-2H3,(H,16,18). The number of benzene rings is 1. The van der Waals surface area contributed by atoms with Gasteiger partial charge in [-0.2, -0.15) is 0 Å². The topological polar surface area (TPSA) is 46.2 Å². The van der Waals surface area contributed by atoms with Crippen LogP contribution in [0.15, 0.2) is 24.3 Å². The van der Waals surface area contributed by atoms with Crippen molar-refractivity contribution in [1.29, 1.82) is 0 Å². The molecule has 0 radical (unpaired) electrons. The SMILES string of the molecule is CCC(F)(F)c1cccc(NC(=O)CC(C)=O)c1. The van der Waals surface area contributed by atoms with Crippen LogP contribution in [0.5, 0.6) is 0 Å². The first-order valence-electron chi connectivity index (χ1n) is 5.63. The summed E-state index contributed by atoms with van der Waals surface area (Å²) >= 11 is 0. The smallest absolute Gasteiger partial charge is 0.273 e. The van der Waals surface area contributed by atoms with E-state index in [1.54, 1.807) is 0 Å². The van der Waals surface area contributed by atoms with Gasteiger partial charge in [-0.3, -0.25) is 9.59 Å². The van der Waals surface area contributed by atoms with Gasteiger partial charge in [-0.1, -0.05) is 19.1 Å². The Morgan fingerprint density at radius 3 is 2.56 bits per heavy atom. The number of carbonyl (C=O) groups excluding carboxylic acids is 2.